The van der Waals surface area contributed by atoms with E-state index in [-0.39, 0.29) is 11.9 Å². The first kappa shape index (κ1) is 23.5. The first-order valence-corrected chi connectivity index (χ1v) is 11.3. The van der Waals surface area contributed by atoms with Crippen LogP contribution >= 0.6 is 0 Å². The van der Waals surface area contributed by atoms with Crippen molar-refractivity contribution < 1.29 is 14.3 Å². The van der Waals surface area contributed by atoms with E-state index in [0.29, 0.717) is 13.2 Å². The molecule has 0 aromatic heterocycles. The van der Waals surface area contributed by atoms with Crippen LogP contribution in [0.25, 0.3) is 0 Å². The molecule has 1 saturated carbocycles. The van der Waals surface area contributed by atoms with Gasteiger partial charge >= 0.3 is 5.97 Å². The van der Waals surface area contributed by atoms with Crippen LogP contribution in [0.4, 0.5) is 0 Å². The summed E-state index contributed by atoms with van der Waals surface area (Å²) in [4.78, 5) is 12.3. The Hall–Kier alpha value is -0.570. The number of esters is 1. The van der Waals surface area contributed by atoms with E-state index in [1.54, 1.807) is 0 Å². The highest BCUT2D eigenvalue weighted by Crippen LogP contribution is 2.33. The molecule has 3 heteroatoms. The van der Waals surface area contributed by atoms with Gasteiger partial charge in [-0.15, -0.1) is 0 Å². The largest absolute Gasteiger partial charge is 0.463 e. The summed E-state index contributed by atoms with van der Waals surface area (Å²) in [6.07, 6.45) is 13.6. The third kappa shape index (κ3) is 11.2. The molecule has 3 atom stereocenters. The number of carbonyl (C=O) groups is 1. The van der Waals surface area contributed by atoms with Crippen molar-refractivity contribution in [1.29, 1.82) is 0 Å². The molecule has 1 aliphatic rings. The van der Waals surface area contributed by atoms with Crippen molar-refractivity contribution >= 4 is 5.97 Å². The standard InChI is InChI=1S/C23H44O3/c1-5-15-25-16-17-26-23(24)22-14-8-13-21(18-22)12-7-11-20(4)10-6-9-19(2)3/h19-22H,5-18H2,1-4H3. The van der Waals surface area contributed by atoms with Gasteiger partial charge in [0.25, 0.3) is 0 Å². The van der Waals surface area contributed by atoms with Gasteiger partial charge < -0.3 is 9.47 Å². The lowest BCUT2D eigenvalue weighted by molar-refractivity contribution is -0.151. The van der Waals surface area contributed by atoms with Crippen LogP contribution in [0.1, 0.15) is 98.3 Å². The van der Waals surface area contributed by atoms with Gasteiger partial charge in [0.1, 0.15) is 6.61 Å². The molecule has 0 amide bonds. The van der Waals surface area contributed by atoms with Crippen molar-refractivity contribution in [3.63, 3.8) is 0 Å². The molecular weight excluding hydrogens is 324 g/mol. The molecule has 0 bridgehead atoms. The van der Waals surface area contributed by atoms with Gasteiger partial charge in [0.2, 0.25) is 0 Å². The molecule has 0 radical (unpaired) electrons. The molecular formula is C23H44O3. The lowest BCUT2D eigenvalue weighted by atomic mass is 9.78. The molecule has 0 spiro atoms. The van der Waals surface area contributed by atoms with Gasteiger partial charge in [-0.25, -0.2) is 0 Å². The van der Waals surface area contributed by atoms with E-state index in [0.717, 1.165) is 43.6 Å². The van der Waals surface area contributed by atoms with E-state index in [2.05, 4.69) is 27.7 Å². The predicted octanol–water partition coefficient (Wildman–Crippen LogP) is 6.40. The van der Waals surface area contributed by atoms with Crippen molar-refractivity contribution in [3.05, 3.63) is 0 Å². The minimum atomic E-state index is 0.0110. The predicted molar refractivity (Wildman–Crippen MR) is 109 cm³/mol. The molecule has 154 valence electrons. The maximum atomic E-state index is 12.3. The second-order valence-electron chi connectivity index (χ2n) is 8.87. The number of carbonyl (C=O) groups excluding carboxylic acids is 1. The Balaban J connectivity index is 2.13. The fourth-order valence-electron chi connectivity index (χ4n) is 4.11. The van der Waals surface area contributed by atoms with E-state index in [1.807, 2.05) is 0 Å². The maximum Gasteiger partial charge on any atom is 0.309 e. The fraction of sp³-hybridized carbons (Fsp3) is 0.957. The summed E-state index contributed by atoms with van der Waals surface area (Å²) >= 11 is 0. The molecule has 26 heavy (non-hydrogen) atoms. The SMILES string of the molecule is CCCOCCOC(=O)C1CCCC(CCCC(C)CCCC(C)C)C1. The van der Waals surface area contributed by atoms with Crippen LogP contribution in [0.15, 0.2) is 0 Å². The van der Waals surface area contributed by atoms with Gasteiger partial charge in [-0.2, -0.15) is 0 Å². The van der Waals surface area contributed by atoms with Crippen LogP contribution in [0.5, 0.6) is 0 Å². The van der Waals surface area contributed by atoms with Crippen LogP contribution in [0, 0.1) is 23.7 Å². The van der Waals surface area contributed by atoms with Crippen LogP contribution in [-0.2, 0) is 14.3 Å². The molecule has 3 nitrogen and oxygen atoms in total. The Morgan fingerprint density at radius 1 is 1.00 bits per heavy atom. The van der Waals surface area contributed by atoms with Gasteiger partial charge in [0, 0.05) is 6.61 Å². The normalized spacial score (nSPS) is 21.7. The van der Waals surface area contributed by atoms with Crippen molar-refractivity contribution in [2.45, 2.75) is 98.3 Å². The van der Waals surface area contributed by atoms with Gasteiger partial charge in [-0.1, -0.05) is 79.1 Å². The highest BCUT2D eigenvalue weighted by Gasteiger charge is 2.28. The Bertz CT molecular complexity index is 353. The number of hydrogen-bond donors (Lipinski definition) is 0. The van der Waals surface area contributed by atoms with Crippen LogP contribution in [-0.4, -0.2) is 25.8 Å². The van der Waals surface area contributed by atoms with Crippen molar-refractivity contribution in [1.82, 2.24) is 0 Å². The maximum absolute atomic E-state index is 12.3. The zero-order chi connectivity index (χ0) is 19.2. The molecule has 0 N–H and O–H groups in total. The monoisotopic (exact) mass is 368 g/mol. The molecule has 1 rings (SSSR count). The number of ether oxygens (including phenoxy) is 2. The first-order valence-electron chi connectivity index (χ1n) is 11.3. The van der Waals surface area contributed by atoms with E-state index in [4.69, 9.17) is 9.47 Å². The summed E-state index contributed by atoms with van der Waals surface area (Å²) in [6, 6.07) is 0. The summed E-state index contributed by atoms with van der Waals surface area (Å²) in [5.74, 6) is 2.54. The average Bonchev–Trinajstić information content (AvgIpc) is 2.61. The van der Waals surface area contributed by atoms with E-state index >= 15 is 0 Å². The van der Waals surface area contributed by atoms with Crippen molar-refractivity contribution in [3.8, 4) is 0 Å². The lowest BCUT2D eigenvalue weighted by Crippen LogP contribution is -2.26. The molecule has 0 aliphatic heterocycles. The van der Waals surface area contributed by atoms with E-state index in [9.17, 15) is 4.79 Å². The Labute approximate surface area is 162 Å². The zero-order valence-corrected chi connectivity index (χ0v) is 17.9. The summed E-state index contributed by atoms with van der Waals surface area (Å²) in [5.41, 5.74) is 0. The van der Waals surface area contributed by atoms with Crippen LogP contribution in [0.3, 0.4) is 0 Å². The van der Waals surface area contributed by atoms with Gasteiger partial charge in [-0.05, 0) is 37.0 Å². The first-order chi connectivity index (χ1) is 12.5. The molecule has 1 fully saturated rings. The van der Waals surface area contributed by atoms with Crippen LogP contribution < -0.4 is 0 Å². The van der Waals surface area contributed by atoms with E-state index < -0.39 is 0 Å². The summed E-state index contributed by atoms with van der Waals surface area (Å²) in [6.45, 7) is 10.8. The molecule has 0 heterocycles. The quantitative estimate of drug-likeness (QED) is 0.263. The second-order valence-corrected chi connectivity index (χ2v) is 8.87. The summed E-state index contributed by atoms with van der Waals surface area (Å²) < 4.78 is 10.8. The minimum absolute atomic E-state index is 0.0110. The minimum Gasteiger partial charge on any atom is -0.463 e. The summed E-state index contributed by atoms with van der Waals surface area (Å²) in [5, 5.41) is 0. The van der Waals surface area contributed by atoms with Crippen molar-refractivity contribution in [2.24, 2.45) is 23.7 Å². The molecule has 0 saturated heterocycles. The lowest BCUT2D eigenvalue weighted by Gasteiger charge is -2.28. The molecule has 0 aromatic carbocycles. The average molecular weight is 369 g/mol. The summed E-state index contributed by atoms with van der Waals surface area (Å²) in [7, 11) is 0. The molecule has 1 aliphatic carbocycles. The van der Waals surface area contributed by atoms with Crippen molar-refractivity contribution in [2.75, 3.05) is 19.8 Å². The zero-order valence-electron chi connectivity index (χ0n) is 17.9. The highest BCUT2D eigenvalue weighted by molar-refractivity contribution is 5.72. The van der Waals surface area contributed by atoms with Crippen LogP contribution in [0.2, 0.25) is 0 Å². The third-order valence-corrected chi connectivity index (χ3v) is 5.72. The van der Waals surface area contributed by atoms with Gasteiger partial charge in [0.05, 0.1) is 12.5 Å². The van der Waals surface area contributed by atoms with Gasteiger partial charge in [-0.3, -0.25) is 4.79 Å². The Morgan fingerprint density at radius 2 is 1.77 bits per heavy atom. The fourth-order valence-corrected chi connectivity index (χ4v) is 4.11. The number of rotatable bonds is 14. The smallest absolute Gasteiger partial charge is 0.309 e. The highest BCUT2D eigenvalue weighted by atomic mass is 16.6. The molecule has 0 aromatic rings. The van der Waals surface area contributed by atoms with E-state index in [1.165, 1.54) is 51.4 Å². The molecule has 3 unspecified atom stereocenters. The topological polar surface area (TPSA) is 35.5 Å². The van der Waals surface area contributed by atoms with Gasteiger partial charge in [0.15, 0.2) is 0 Å². The number of hydrogen-bond acceptors (Lipinski definition) is 3. The second kappa shape index (κ2) is 14.5. The third-order valence-electron chi connectivity index (χ3n) is 5.72. The Kier molecular flexibility index (Phi) is 13.1. The Morgan fingerprint density at radius 3 is 2.50 bits per heavy atom.